The standard InChI is InChI=1S/C12H8IN3O/c13-16-7-8(6-14-16)11-5-12(17)9-3-1-2-4-10(9)15-11/h1-7H,(H,15,17). The number of benzene rings is 1. The van der Waals surface area contributed by atoms with E-state index < -0.39 is 0 Å². The molecule has 2 heterocycles. The maximum Gasteiger partial charge on any atom is 0.190 e. The van der Waals surface area contributed by atoms with Gasteiger partial charge >= 0.3 is 0 Å². The second kappa shape index (κ2) is 3.99. The lowest BCUT2D eigenvalue weighted by molar-refractivity contribution is 1.06. The van der Waals surface area contributed by atoms with Crippen molar-refractivity contribution in [2.45, 2.75) is 0 Å². The third-order valence-electron chi connectivity index (χ3n) is 2.60. The number of aromatic amines is 1. The van der Waals surface area contributed by atoms with Crippen molar-refractivity contribution in [1.29, 1.82) is 0 Å². The van der Waals surface area contributed by atoms with E-state index in [0.717, 1.165) is 16.8 Å². The van der Waals surface area contributed by atoms with E-state index in [9.17, 15) is 4.79 Å². The van der Waals surface area contributed by atoms with Crippen molar-refractivity contribution >= 4 is 33.8 Å². The molecule has 3 rings (SSSR count). The molecule has 0 saturated heterocycles. The molecule has 2 aromatic heterocycles. The Labute approximate surface area is 111 Å². The Morgan fingerprint density at radius 1 is 1.29 bits per heavy atom. The lowest BCUT2D eigenvalue weighted by Gasteiger charge is -2.01. The number of para-hydroxylation sites is 1. The van der Waals surface area contributed by atoms with Crippen molar-refractivity contribution < 1.29 is 0 Å². The van der Waals surface area contributed by atoms with Gasteiger partial charge in [-0.1, -0.05) is 12.1 Å². The van der Waals surface area contributed by atoms with Gasteiger partial charge in [0.25, 0.3) is 0 Å². The number of pyridine rings is 1. The number of nitrogens with zero attached hydrogens (tertiary/aromatic N) is 2. The van der Waals surface area contributed by atoms with E-state index in [4.69, 9.17) is 0 Å². The van der Waals surface area contributed by atoms with Gasteiger partial charge in [-0.15, -0.1) is 0 Å². The van der Waals surface area contributed by atoms with E-state index in [1.165, 1.54) is 0 Å². The molecule has 0 unspecified atom stereocenters. The highest BCUT2D eigenvalue weighted by molar-refractivity contribution is 14.1. The third-order valence-corrected chi connectivity index (χ3v) is 3.13. The molecular formula is C12H8IN3O. The molecule has 5 heteroatoms. The first-order valence-corrected chi connectivity index (χ1v) is 6.04. The summed E-state index contributed by atoms with van der Waals surface area (Å²) in [7, 11) is 0. The van der Waals surface area contributed by atoms with Gasteiger partial charge < -0.3 is 4.98 Å². The van der Waals surface area contributed by atoms with Crippen molar-refractivity contribution in [3.63, 3.8) is 0 Å². The fourth-order valence-electron chi connectivity index (χ4n) is 1.79. The summed E-state index contributed by atoms with van der Waals surface area (Å²) in [5.74, 6) is 0. The molecule has 1 aromatic carbocycles. The minimum atomic E-state index is 0.0237. The van der Waals surface area contributed by atoms with Crippen LogP contribution in [0.4, 0.5) is 0 Å². The van der Waals surface area contributed by atoms with Crippen molar-refractivity contribution in [2.75, 3.05) is 0 Å². The minimum Gasteiger partial charge on any atom is -0.354 e. The zero-order valence-electron chi connectivity index (χ0n) is 8.72. The van der Waals surface area contributed by atoms with Crippen LogP contribution in [0.3, 0.4) is 0 Å². The summed E-state index contributed by atoms with van der Waals surface area (Å²) in [6.45, 7) is 0. The van der Waals surface area contributed by atoms with E-state index in [-0.39, 0.29) is 5.43 Å². The van der Waals surface area contributed by atoms with Gasteiger partial charge in [0.2, 0.25) is 0 Å². The smallest absolute Gasteiger partial charge is 0.190 e. The Morgan fingerprint density at radius 3 is 2.88 bits per heavy atom. The summed E-state index contributed by atoms with van der Waals surface area (Å²) in [4.78, 5) is 15.2. The van der Waals surface area contributed by atoms with Crippen LogP contribution >= 0.6 is 22.9 Å². The summed E-state index contributed by atoms with van der Waals surface area (Å²) < 4.78 is 1.68. The molecule has 1 N–H and O–H groups in total. The highest BCUT2D eigenvalue weighted by atomic mass is 127. The molecule has 0 aliphatic heterocycles. The number of rotatable bonds is 1. The van der Waals surface area contributed by atoms with Crippen LogP contribution in [0.25, 0.3) is 22.2 Å². The van der Waals surface area contributed by atoms with Crippen LogP contribution in [0.5, 0.6) is 0 Å². The third kappa shape index (κ3) is 1.86. The summed E-state index contributed by atoms with van der Waals surface area (Å²) in [6.07, 6.45) is 3.59. The Hall–Kier alpha value is -1.63. The van der Waals surface area contributed by atoms with E-state index in [2.05, 4.69) is 32.9 Å². The number of H-pyrrole nitrogens is 1. The Balaban J connectivity index is 2.29. The van der Waals surface area contributed by atoms with Crippen LogP contribution in [-0.4, -0.2) is 13.0 Å². The van der Waals surface area contributed by atoms with Gasteiger partial charge in [0.05, 0.1) is 34.8 Å². The second-order valence-electron chi connectivity index (χ2n) is 3.71. The largest absolute Gasteiger partial charge is 0.354 e. The number of hydrogen-bond donors (Lipinski definition) is 1. The molecule has 0 bridgehead atoms. The van der Waals surface area contributed by atoms with Gasteiger partial charge in [0.1, 0.15) is 0 Å². The highest BCUT2D eigenvalue weighted by Gasteiger charge is 2.05. The Morgan fingerprint density at radius 2 is 2.12 bits per heavy atom. The number of halogens is 1. The molecule has 0 aliphatic carbocycles. The molecular weight excluding hydrogens is 329 g/mol. The van der Waals surface area contributed by atoms with Crippen molar-refractivity contribution in [2.24, 2.45) is 0 Å². The van der Waals surface area contributed by atoms with Crippen LogP contribution in [0.15, 0.2) is 47.5 Å². The average molecular weight is 337 g/mol. The molecule has 0 radical (unpaired) electrons. The topological polar surface area (TPSA) is 50.7 Å². The Kier molecular flexibility index (Phi) is 2.47. The van der Waals surface area contributed by atoms with E-state index in [1.54, 1.807) is 15.2 Å². The van der Waals surface area contributed by atoms with Crippen LogP contribution in [0, 0.1) is 0 Å². The first-order valence-electron chi connectivity index (χ1n) is 5.07. The van der Waals surface area contributed by atoms with E-state index >= 15 is 0 Å². The predicted molar refractivity (Wildman–Crippen MR) is 75.2 cm³/mol. The molecule has 4 nitrogen and oxygen atoms in total. The van der Waals surface area contributed by atoms with Crippen molar-refractivity contribution in [1.82, 2.24) is 13.0 Å². The van der Waals surface area contributed by atoms with Gasteiger partial charge in [-0.3, -0.25) is 4.79 Å². The summed E-state index contributed by atoms with van der Waals surface area (Å²) in [5.41, 5.74) is 2.56. The summed E-state index contributed by atoms with van der Waals surface area (Å²) in [5, 5.41) is 4.79. The monoisotopic (exact) mass is 337 g/mol. The lowest BCUT2D eigenvalue weighted by Crippen LogP contribution is -2.02. The zero-order valence-corrected chi connectivity index (χ0v) is 10.9. The van der Waals surface area contributed by atoms with Crippen LogP contribution in [0.2, 0.25) is 0 Å². The summed E-state index contributed by atoms with van der Waals surface area (Å²) in [6, 6.07) is 9.09. The maximum atomic E-state index is 11.9. The molecule has 3 aromatic rings. The molecule has 0 saturated carbocycles. The zero-order chi connectivity index (χ0) is 11.8. The average Bonchev–Trinajstić information content (AvgIpc) is 2.76. The molecule has 0 spiro atoms. The van der Waals surface area contributed by atoms with Crippen LogP contribution in [0.1, 0.15) is 0 Å². The van der Waals surface area contributed by atoms with Crippen molar-refractivity contribution in [3.05, 3.63) is 52.9 Å². The van der Waals surface area contributed by atoms with Gasteiger partial charge in [-0.05, 0) is 12.1 Å². The molecule has 0 atom stereocenters. The number of aromatic nitrogens is 3. The van der Waals surface area contributed by atoms with Gasteiger partial charge in [0.15, 0.2) is 5.43 Å². The number of fused-ring (bicyclic) bond motifs is 1. The lowest BCUT2D eigenvalue weighted by atomic mass is 10.1. The first kappa shape index (κ1) is 10.5. The van der Waals surface area contributed by atoms with E-state index in [1.807, 2.05) is 30.5 Å². The van der Waals surface area contributed by atoms with E-state index in [0.29, 0.717) is 5.39 Å². The molecule has 0 fully saturated rings. The normalized spacial score (nSPS) is 10.9. The number of nitrogens with one attached hydrogen (secondary N) is 1. The Bertz CT molecular complexity index is 745. The van der Waals surface area contributed by atoms with Gasteiger partial charge in [-0.2, -0.15) is 5.10 Å². The quantitative estimate of drug-likeness (QED) is 0.694. The second-order valence-corrected chi connectivity index (χ2v) is 4.70. The van der Waals surface area contributed by atoms with Gasteiger partial charge in [0, 0.05) is 28.7 Å². The van der Waals surface area contributed by atoms with Gasteiger partial charge in [-0.25, -0.2) is 2.90 Å². The van der Waals surface area contributed by atoms with Crippen LogP contribution < -0.4 is 5.43 Å². The fourth-order valence-corrected chi connectivity index (χ4v) is 2.22. The summed E-state index contributed by atoms with van der Waals surface area (Å²) >= 11 is 2.07. The van der Waals surface area contributed by atoms with Crippen molar-refractivity contribution in [3.8, 4) is 11.3 Å². The maximum absolute atomic E-state index is 11.9. The minimum absolute atomic E-state index is 0.0237. The predicted octanol–water partition coefficient (Wildman–Crippen LogP) is 2.59. The molecule has 84 valence electrons. The first-order chi connectivity index (χ1) is 8.24. The van der Waals surface area contributed by atoms with Crippen LogP contribution in [-0.2, 0) is 0 Å². The SMILES string of the molecule is O=c1cc(-c2cnn(I)c2)[nH]c2ccccc12. The molecule has 0 amide bonds. The fraction of sp³-hybridized carbons (Fsp3) is 0. The molecule has 17 heavy (non-hydrogen) atoms. The number of hydrogen-bond acceptors (Lipinski definition) is 2. The molecule has 0 aliphatic rings. The highest BCUT2D eigenvalue weighted by Crippen LogP contribution is 2.18.